The summed E-state index contributed by atoms with van der Waals surface area (Å²) in [4.78, 5) is 25.1. The molecule has 2 aromatic rings. The Balaban J connectivity index is 1.96. The molecule has 8 heteroatoms. The van der Waals surface area contributed by atoms with Gasteiger partial charge in [-0.15, -0.1) is 11.3 Å². The first kappa shape index (κ1) is 19.1. The number of nitrogens with one attached hydrogen (secondary N) is 1. The average molecular weight is 384 g/mol. The summed E-state index contributed by atoms with van der Waals surface area (Å²) in [5.74, 6) is -0.441. The van der Waals surface area contributed by atoms with Gasteiger partial charge in [0.05, 0.1) is 30.8 Å². The van der Waals surface area contributed by atoms with Crippen molar-refractivity contribution in [2.75, 3.05) is 20.8 Å². The summed E-state index contributed by atoms with van der Waals surface area (Å²) in [6, 6.07) is 6.52. The first-order valence-corrected chi connectivity index (χ1v) is 8.63. The standard InChI is InChI=1S/C17H18ClNO5S/c1-10(14-5-4-6-25-14)19-15(20)9-24-17(21)11-7-12(18)16(23-3)13(8-11)22-2/h4-8,10H,9H2,1-3H3,(H,19,20)/t10-/m1/s1. The SMILES string of the molecule is COc1cc(C(=O)OCC(=O)N[C@H](C)c2cccs2)cc(Cl)c1OC. The molecule has 0 spiro atoms. The zero-order valence-electron chi connectivity index (χ0n) is 14.0. The van der Waals surface area contributed by atoms with Crippen LogP contribution in [0.4, 0.5) is 0 Å². The Labute approximate surface area is 154 Å². The Bertz CT molecular complexity index is 748. The van der Waals surface area contributed by atoms with Crippen LogP contribution in [0.1, 0.15) is 28.2 Å². The van der Waals surface area contributed by atoms with Crippen LogP contribution < -0.4 is 14.8 Å². The fourth-order valence-corrected chi connectivity index (χ4v) is 3.16. The molecule has 134 valence electrons. The van der Waals surface area contributed by atoms with Crippen molar-refractivity contribution in [2.45, 2.75) is 13.0 Å². The van der Waals surface area contributed by atoms with Gasteiger partial charge >= 0.3 is 5.97 Å². The second-order valence-corrected chi connectivity index (χ2v) is 6.46. The van der Waals surface area contributed by atoms with E-state index in [1.54, 1.807) is 11.3 Å². The molecule has 0 bridgehead atoms. The van der Waals surface area contributed by atoms with Crippen LogP contribution in [0.2, 0.25) is 5.02 Å². The molecular formula is C17H18ClNO5S. The summed E-state index contributed by atoms with van der Waals surface area (Å²) in [5, 5.41) is 4.91. The summed E-state index contributed by atoms with van der Waals surface area (Å²) >= 11 is 7.60. The van der Waals surface area contributed by atoms with Crippen LogP contribution in [0, 0.1) is 0 Å². The van der Waals surface area contributed by atoms with E-state index in [1.807, 2.05) is 24.4 Å². The predicted octanol–water partition coefficient (Wildman–Crippen LogP) is 3.45. The van der Waals surface area contributed by atoms with E-state index >= 15 is 0 Å². The van der Waals surface area contributed by atoms with Crippen molar-refractivity contribution in [1.29, 1.82) is 0 Å². The number of halogens is 1. The van der Waals surface area contributed by atoms with Crippen molar-refractivity contribution >= 4 is 34.8 Å². The number of carbonyl (C=O) groups excluding carboxylic acids is 2. The molecule has 2 rings (SSSR count). The number of thiophene rings is 1. The molecule has 0 radical (unpaired) electrons. The van der Waals surface area contributed by atoms with Crippen molar-refractivity contribution in [3.8, 4) is 11.5 Å². The van der Waals surface area contributed by atoms with Gasteiger partial charge in [0.1, 0.15) is 0 Å². The van der Waals surface area contributed by atoms with Crippen molar-refractivity contribution < 1.29 is 23.8 Å². The van der Waals surface area contributed by atoms with Gasteiger partial charge in [-0.25, -0.2) is 4.79 Å². The highest BCUT2D eigenvalue weighted by molar-refractivity contribution is 7.10. The van der Waals surface area contributed by atoms with Gasteiger partial charge in [-0.2, -0.15) is 0 Å². The third-order valence-corrected chi connectivity index (χ3v) is 4.69. The van der Waals surface area contributed by atoms with Crippen LogP contribution in [0.25, 0.3) is 0 Å². The minimum atomic E-state index is -0.679. The van der Waals surface area contributed by atoms with E-state index in [0.29, 0.717) is 11.5 Å². The summed E-state index contributed by atoms with van der Waals surface area (Å²) in [6.07, 6.45) is 0. The first-order valence-electron chi connectivity index (χ1n) is 7.37. The lowest BCUT2D eigenvalue weighted by Gasteiger charge is -2.13. The van der Waals surface area contributed by atoms with E-state index in [4.69, 9.17) is 25.8 Å². The fourth-order valence-electron chi connectivity index (χ4n) is 2.14. The molecule has 0 aliphatic carbocycles. The molecule has 1 N–H and O–H groups in total. The predicted molar refractivity (Wildman–Crippen MR) is 95.7 cm³/mol. The zero-order valence-corrected chi connectivity index (χ0v) is 15.6. The van der Waals surface area contributed by atoms with Crippen LogP contribution in [-0.2, 0) is 9.53 Å². The summed E-state index contributed by atoms with van der Waals surface area (Å²) in [7, 11) is 2.88. The number of benzene rings is 1. The first-order chi connectivity index (χ1) is 12.0. The van der Waals surface area contributed by atoms with E-state index in [-0.39, 0.29) is 29.1 Å². The maximum Gasteiger partial charge on any atom is 0.338 e. The van der Waals surface area contributed by atoms with Gasteiger partial charge in [-0.3, -0.25) is 4.79 Å². The van der Waals surface area contributed by atoms with Crippen LogP contribution in [0.3, 0.4) is 0 Å². The normalized spacial score (nSPS) is 11.5. The minimum absolute atomic E-state index is 0.151. The van der Waals surface area contributed by atoms with Crippen molar-refractivity contribution in [3.63, 3.8) is 0 Å². The molecule has 0 aliphatic heterocycles. The maximum atomic E-state index is 12.1. The quantitative estimate of drug-likeness (QED) is 0.741. The molecule has 1 heterocycles. The molecule has 0 saturated carbocycles. The minimum Gasteiger partial charge on any atom is -0.493 e. The fraction of sp³-hybridized carbons (Fsp3) is 0.294. The lowest BCUT2D eigenvalue weighted by Crippen LogP contribution is -2.30. The third-order valence-electron chi connectivity index (χ3n) is 3.35. The Morgan fingerprint density at radius 1 is 1.28 bits per heavy atom. The van der Waals surface area contributed by atoms with Crippen LogP contribution in [-0.4, -0.2) is 32.7 Å². The van der Waals surface area contributed by atoms with Gasteiger partial charge in [0.25, 0.3) is 5.91 Å². The Morgan fingerprint density at radius 2 is 2.04 bits per heavy atom. The molecule has 0 fully saturated rings. The maximum absolute atomic E-state index is 12.1. The lowest BCUT2D eigenvalue weighted by atomic mass is 10.2. The Hall–Kier alpha value is -2.25. The summed E-state index contributed by atoms with van der Waals surface area (Å²) in [5.41, 5.74) is 0.168. The van der Waals surface area contributed by atoms with Gasteiger partial charge in [-0.1, -0.05) is 17.7 Å². The van der Waals surface area contributed by atoms with Crippen LogP contribution in [0.5, 0.6) is 11.5 Å². The van der Waals surface area contributed by atoms with E-state index in [9.17, 15) is 9.59 Å². The van der Waals surface area contributed by atoms with Crippen LogP contribution >= 0.6 is 22.9 Å². The van der Waals surface area contributed by atoms with Crippen molar-refractivity contribution in [2.24, 2.45) is 0 Å². The van der Waals surface area contributed by atoms with Gasteiger partial charge in [-0.05, 0) is 30.5 Å². The number of esters is 1. The highest BCUT2D eigenvalue weighted by atomic mass is 35.5. The second-order valence-electron chi connectivity index (χ2n) is 5.07. The highest BCUT2D eigenvalue weighted by Gasteiger charge is 2.18. The zero-order chi connectivity index (χ0) is 18.4. The van der Waals surface area contributed by atoms with Gasteiger partial charge in [0.2, 0.25) is 0 Å². The highest BCUT2D eigenvalue weighted by Crippen LogP contribution is 2.36. The third kappa shape index (κ3) is 4.87. The summed E-state index contributed by atoms with van der Waals surface area (Å²) in [6.45, 7) is 1.47. The number of ether oxygens (including phenoxy) is 3. The molecule has 1 aromatic carbocycles. The molecule has 1 aromatic heterocycles. The number of carbonyl (C=O) groups is 2. The van der Waals surface area contributed by atoms with Gasteiger partial charge in [0.15, 0.2) is 18.1 Å². The molecule has 6 nitrogen and oxygen atoms in total. The Kier molecular flexibility index (Phi) is 6.66. The van der Waals surface area contributed by atoms with Crippen molar-refractivity contribution in [3.05, 3.63) is 45.1 Å². The molecular weight excluding hydrogens is 366 g/mol. The van der Waals surface area contributed by atoms with Gasteiger partial charge < -0.3 is 19.5 Å². The smallest absolute Gasteiger partial charge is 0.338 e. The largest absolute Gasteiger partial charge is 0.493 e. The molecule has 25 heavy (non-hydrogen) atoms. The Morgan fingerprint density at radius 3 is 2.64 bits per heavy atom. The van der Waals surface area contributed by atoms with Crippen molar-refractivity contribution in [1.82, 2.24) is 5.32 Å². The van der Waals surface area contributed by atoms with E-state index in [0.717, 1.165) is 4.88 Å². The number of hydrogen-bond donors (Lipinski definition) is 1. The van der Waals surface area contributed by atoms with E-state index in [1.165, 1.54) is 26.4 Å². The number of hydrogen-bond acceptors (Lipinski definition) is 6. The van der Waals surface area contributed by atoms with E-state index in [2.05, 4.69) is 5.32 Å². The molecule has 0 saturated heterocycles. The average Bonchev–Trinajstić information content (AvgIpc) is 3.13. The second kappa shape index (κ2) is 8.73. The number of amides is 1. The molecule has 1 atom stereocenters. The molecule has 0 aliphatic rings. The topological polar surface area (TPSA) is 73.9 Å². The van der Waals surface area contributed by atoms with Crippen LogP contribution in [0.15, 0.2) is 29.6 Å². The monoisotopic (exact) mass is 383 g/mol. The number of methoxy groups -OCH3 is 2. The van der Waals surface area contributed by atoms with E-state index < -0.39 is 5.97 Å². The van der Waals surface area contributed by atoms with Gasteiger partial charge in [0, 0.05) is 4.88 Å². The molecule has 0 unspecified atom stereocenters. The number of rotatable bonds is 7. The summed E-state index contributed by atoms with van der Waals surface area (Å²) < 4.78 is 15.3. The lowest BCUT2D eigenvalue weighted by molar-refractivity contribution is -0.124. The molecule has 1 amide bonds.